The third-order valence-corrected chi connectivity index (χ3v) is 3.76. The standard InChI is InChI=1S/C15H13F2N3O/c16-9-3-4-10(12(17)8-9)11-5-6-13(11)19-15(21)14-2-1-7-18-20-14/h1-4,7-8,11,13H,5-6H2,(H,19,21)/t11-,13-/m0/s1. The summed E-state index contributed by atoms with van der Waals surface area (Å²) in [6.07, 6.45) is 3.00. The van der Waals surface area contributed by atoms with E-state index in [4.69, 9.17) is 0 Å². The summed E-state index contributed by atoms with van der Waals surface area (Å²) in [5.41, 5.74) is 0.662. The van der Waals surface area contributed by atoms with Gasteiger partial charge in [0.1, 0.15) is 11.6 Å². The van der Waals surface area contributed by atoms with Crippen LogP contribution in [0.2, 0.25) is 0 Å². The SMILES string of the molecule is O=C(N[C@H]1CC[C@H]1c1ccc(F)cc1F)c1cccnn1. The quantitative estimate of drug-likeness (QED) is 0.944. The topological polar surface area (TPSA) is 54.9 Å². The summed E-state index contributed by atoms with van der Waals surface area (Å²) in [6.45, 7) is 0. The molecule has 2 atom stereocenters. The van der Waals surface area contributed by atoms with Gasteiger partial charge in [0.25, 0.3) is 5.91 Å². The fraction of sp³-hybridized carbons (Fsp3) is 0.267. The minimum atomic E-state index is -0.601. The third kappa shape index (κ3) is 2.74. The molecule has 4 nitrogen and oxygen atoms in total. The van der Waals surface area contributed by atoms with E-state index in [-0.39, 0.29) is 23.6 Å². The highest BCUT2D eigenvalue weighted by molar-refractivity contribution is 5.92. The first-order valence-corrected chi connectivity index (χ1v) is 6.68. The van der Waals surface area contributed by atoms with Gasteiger partial charge in [-0.15, -0.1) is 5.10 Å². The van der Waals surface area contributed by atoms with Crippen LogP contribution in [0.3, 0.4) is 0 Å². The van der Waals surface area contributed by atoms with E-state index in [9.17, 15) is 13.6 Å². The van der Waals surface area contributed by atoms with E-state index in [0.29, 0.717) is 5.56 Å². The Labute approximate surface area is 120 Å². The number of benzene rings is 1. The van der Waals surface area contributed by atoms with Crippen molar-refractivity contribution in [2.24, 2.45) is 0 Å². The van der Waals surface area contributed by atoms with Gasteiger partial charge in [0.15, 0.2) is 5.69 Å². The Morgan fingerprint density at radius 1 is 1.24 bits per heavy atom. The van der Waals surface area contributed by atoms with Crippen LogP contribution in [0.15, 0.2) is 36.5 Å². The molecule has 1 aromatic heterocycles. The monoisotopic (exact) mass is 289 g/mol. The van der Waals surface area contributed by atoms with Gasteiger partial charge in [0.2, 0.25) is 0 Å². The molecule has 0 radical (unpaired) electrons. The highest BCUT2D eigenvalue weighted by Gasteiger charge is 2.35. The van der Waals surface area contributed by atoms with Crippen molar-refractivity contribution < 1.29 is 13.6 Å². The summed E-state index contributed by atoms with van der Waals surface area (Å²) in [7, 11) is 0. The van der Waals surface area contributed by atoms with Crippen molar-refractivity contribution in [3.8, 4) is 0 Å². The molecule has 108 valence electrons. The molecule has 0 unspecified atom stereocenters. The van der Waals surface area contributed by atoms with Crippen LogP contribution in [-0.4, -0.2) is 22.1 Å². The molecule has 1 heterocycles. The molecular formula is C15H13F2N3O. The second kappa shape index (κ2) is 5.55. The van der Waals surface area contributed by atoms with Crippen LogP contribution in [0.25, 0.3) is 0 Å². The Morgan fingerprint density at radius 3 is 2.71 bits per heavy atom. The van der Waals surface area contributed by atoms with Gasteiger partial charge in [-0.3, -0.25) is 4.79 Å². The summed E-state index contributed by atoms with van der Waals surface area (Å²) >= 11 is 0. The van der Waals surface area contributed by atoms with Gasteiger partial charge in [-0.2, -0.15) is 5.10 Å². The molecule has 21 heavy (non-hydrogen) atoms. The van der Waals surface area contributed by atoms with Gasteiger partial charge in [-0.25, -0.2) is 8.78 Å². The van der Waals surface area contributed by atoms with E-state index < -0.39 is 11.6 Å². The number of carbonyl (C=O) groups excluding carboxylic acids is 1. The van der Waals surface area contributed by atoms with E-state index in [1.807, 2.05) is 0 Å². The Hall–Kier alpha value is -2.37. The number of amides is 1. The Morgan fingerprint density at radius 2 is 2.10 bits per heavy atom. The first-order valence-electron chi connectivity index (χ1n) is 6.68. The summed E-state index contributed by atoms with van der Waals surface area (Å²) in [4.78, 5) is 12.0. The van der Waals surface area contributed by atoms with Gasteiger partial charge in [-0.05, 0) is 36.6 Å². The Bertz CT molecular complexity index is 663. The zero-order valence-electron chi connectivity index (χ0n) is 11.1. The van der Waals surface area contributed by atoms with Crippen LogP contribution in [-0.2, 0) is 0 Å². The van der Waals surface area contributed by atoms with Gasteiger partial charge in [0, 0.05) is 24.2 Å². The van der Waals surface area contributed by atoms with Crippen molar-refractivity contribution in [2.75, 3.05) is 0 Å². The number of hydrogen-bond acceptors (Lipinski definition) is 3. The zero-order valence-corrected chi connectivity index (χ0v) is 11.1. The predicted octanol–water partition coefficient (Wildman–Crippen LogP) is 2.43. The molecule has 1 aliphatic rings. The highest BCUT2D eigenvalue weighted by atomic mass is 19.1. The molecule has 1 N–H and O–H groups in total. The molecule has 6 heteroatoms. The smallest absolute Gasteiger partial charge is 0.272 e. The van der Waals surface area contributed by atoms with Crippen molar-refractivity contribution in [3.63, 3.8) is 0 Å². The second-order valence-corrected chi connectivity index (χ2v) is 5.04. The average Bonchev–Trinajstić information content (AvgIpc) is 2.47. The Balaban J connectivity index is 1.71. The number of rotatable bonds is 3. The molecule has 3 rings (SSSR count). The fourth-order valence-corrected chi connectivity index (χ4v) is 2.51. The lowest BCUT2D eigenvalue weighted by Crippen LogP contribution is -2.45. The maximum absolute atomic E-state index is 13.8. The maximum atomic E-state index is 13.8. The minimum Gasteiger partial charge on any atom is -0.347 e. The lowest BCUT2D eigenvalue weighted by atomic mass is 9.74. The van der Waals surface area contributed by atoms with Crippen molar-refractivity contribution in [1.29, 1.82) is 0 Å². The normalized spacial score (nSPS) is 20.7. The first kappa shape index (κ1) is 13.6. The highest BCUT2D eigenvalue weighted by Crippen LogP contribution is 2.38. The van der Waals surface area contributed by atoms with E-state index in [1.165, 1.54) is 18.3 Å². The molecule has 1 aromatic carbocycles. The number of nitrogens with zero attached hydrogens (tertiary/aromatic N) is 2. The summed E-state index contributed by atoms with van der Waals surface area (Å²) in [5.74, 6) is -1.64. The lowest BCUT2D eigenvalue weighted by Gasteiger charge is -2.37. The van der Waals surface area contributed by atoms with Crippen molar-refractivity contribution in [2.45, 2.75) is 24.8 Å². The van der Waals surface area contributed by atoms with Crippen molar-refractivity contribution in [3.05, 3.63) is 59.4 Å². The lowest BCUT2D eigenvalue weighted by molar-refractivity contribution is 0.0897. The molecule has 2 aromatic rings. The van der Waals surface area contributed by atoms with E-state index in [1.54, 1.807) is 12.1 Å². The van der Waals surface area contributed by atoms with E-state index in [2.05, 4.69) is 15.5 Å². The van der Waals surface area contributed by atoms with E-state index in [0.717, 1.165) is 18.9 Å². The maximum Gasteiger partial charge on any atom is 0.272 e. The van der Waals surface area contributed by atoms with Gasteiger partial charge >= 0.3 is 0 Å². The first-order chi connectivity index (χ1) is 10.1. The van der Waals surface area contributed by atoms with Gasteiger partial charge in [-0.1, -0.05) is 6.07 Å². The molecule has 0 aliphatic heterocycles. The predicted molar refractivity (Wildman–Crippen MR) is 71.6 cm³/mol. The van der Waals surface area contributed by atoms with Crippen LogP contribution in [0, 0.1) is 11.6 Å². The Kier molecular flexibility index (Phi) is 3.60. The van der Waals surface area contributed by atoms with Crippen LogP contribution in [0.1, 0.15) is 34.8 Å². The molecule has 1 amide bonds. The van der Waals surface area contributed by atoms with E-state index >= 15 is 0 Å². The van der Waals surface area contributed by atoms with Crippen LogP contribution in [0.5, 0.6) is 0 Å². The number of hydrogen-bond donors (Lipinski definition) is 1. The fourth-order valence-electron chi connectivity index (χ4n) is 2.51. The second-order valence-electron chi connectivity index (χ2n) is 5.04. The minimum absolute atomic E-state index is 0.133. The van der Waals surface area contributed by atoms with Gasteiger partial charge < -0.3 is 5.32 Å². The zero-order chi connectivity index (χ0) is 14.8. The number of aromatic nitrogens is 2. The molecular weight excluding hydrogens is 276 g/mol. The number of carbonyl (C=O) groups is 1. The molecule has 0 bridgehead atoms. The largest absolute Gasteiger partial charge is 0.347 e. The number of nitrogens with one attached hydrogen (secondary N) is 1. The molecule has 1 saturated carbocycles. The molecule has 0 spiro atoms. The van der Waals surface area contributed by atoms with Crippen LogP contribution >= 0.6 is 0 Å². The molecule has 1 fully saturated rings. The molecule has 0 saturated heterocycles. The van der Waals surface area contributed by atoms with Crippen molar-refractivity contribution >= 4 is 5.91 Å². The van der Waals surface area contributed by atoms with Crippen LogP contribution in [0.4, 0.5) is 8.78 Å². The van der Waals surface area contributed by atoms with Crippen molar-refractivity contribution in [1.82, 2.24) is 15.5 Å². The summed E-state index contributed by atoms with van der Waals surface area (Å²) in [5, 5.41) is 10.2. The summed E-state index contributed by atoms with van der Waals surface area (Å²) in [6, 6.07) is 6.57. The number of halogens is 2. The average molecular weight is 289 g/mol. The summed E-state index contributed by atoms with van der Waals surface area (Å²) < 4.78 is 26.7. The van der Waals surface area contributed by atoms with Crippen LogP contribution < -0.4 is 5.32 Å². The molecule has 1 aliphatic carbocycles. The van der Waals surface area contributed by atoms with Gasteiger partial charge in [0.05, 0.1) is 0 Å². The third-order valence-electron chi connectivity index (χ3n) is 3.76.